The van der Waals surface area contributed by atoms with Gasteiger partial charge in [-0.05, 0) is 16.3 Å². The van der Waals surface area contributed by atoms with Crippen molar-refractivity contribution in [2.75, 3.05) is 0 Å². The SMILES string of the molecule is C=CC1OC1c1cccc2ccccc12. The van der Waals surface area contributed by atoms with Crippen molar-refractivity contribution in [1.82, 2.24) is 0 Å². The van der Waals surface area contributed by atoms with Crippen molar-refractivity contribution in [3.8, 4) is 0 Å². The van der Waals surface area contributed by atoms with Gasteiger partial charge in [0.1, 0.15) is 12.2 Å². The van der Waals surface area contributed by atoms with Gasteiger partial charge in [0.2, 0.25) is 0 Å². The average Bonchev–Trinajstić information content (AvgIpc) is 3.07. The van der Waals surface area contributed by atoms with Gasteiger partial charge in [-0.3, -0.25) is 0 Å². The van der Waals surface area contributed by atoms with E-state index in [9.17, 15) is 0 Å². The highest BCUT2D eigenvalue weighted by atomic mass is 16.6. The lowest BCUT2D eigenvalue weighted by molar-refractivity contribution is 0.395. The maximum Gasteiger partial charge on any atom is 0.114 e. The highest BCUT2D eigenvalue weighted by Gasteiger charge is 2.38. The molecule has 0 N–H and O–H groups in total. The summed E-state index contributed by atoms with van der Waals surface area (Å²) < 4.78 is 5.54. The molecule has 2 aromatic carbocycles. The lowest BCUT2D eigenvalue weighted by atomic mass is 10.0. The summed E-state index contributed by atoms with van der Waals surface area (Å²) in [5.74, 6) is 0. The Labute approximate surface area is 89.0 Å². The summed E-state index contributed by atoms with van der Waals surface area (Å²) in [6, 6.07) is 14.7. The van der Waals surface area contributed by atoms with Crippen LogP contribution in [0.25, 0.3) is 10.8 Å². The Morgan fingerprint density at radius 3 is 2.67 bits per heavy atom. The van der Waals surface area contributed by atoms with Gasteiger partial charge in [-0.1, -0.05) is 48.5 Å². The number of hydrogen-bond donors (Lipinski definition) is 0. The molecule has 1 aliphatic heterocycles. The Hall–Kier alpha value is -1.60. The fraction of sp³-hybridized carbons (Fsp3) is 0.143. The van der Waals surface area contributed by atoms with Crippen molar-refractivity contribution in [3.05, 3.63) is 60.7 Å². The molecule has 0 saturated carbocycles. The van der Waals surface area contributed by atoms with E-state index in [1.54, 1.807) is 0 Å². The van der Waals surface area contributed by atoms with E-state index in [1.165, 1.54) is 16.3 Å². The molecule has 0 aromatic heterocycles. The van der Waals surface area contributed by atoms with E-state index >= 15 is 0 Å². The zero-order valence-corrected chi connectivity index (χ0v) is 8.39. The van der Waals surface area contributed by atoms with E-state index in [4.69, 9.17) is 4.74 Å². The number of fused-ring (bicyclic) bond motifs is 1. The molecule has 0 amide bonds. The van der Waals surface area contributed by atoms with Gasteiger partial charge in [-0.25, -0.2) is 0 Å². The number of epoxide rings is 1. The molecule has 1 aliphatic rings. The van der Waals surface area contributed by atoms with E-state index in [0.29, 0.717) is 0 Å². The average molecular weight is 196 g/mol. The van der Waals surface area contributed by atoms with Gasteiger partial charge in [-0.15, -0.1) is 6.58 Å². The minimum Gasteiger partial charge on any atom is -0.360 e. The van der Waals surface area contributed by atoms with Crippen molar-refractivity contribution in [2.24, 2.45) is 0 Å². The highest BCUT2D eigenvalue weighted by molar-refractivity contribution is 5.86. The summed E-state index contributed by atoms with van der Waals surface area (Å²) in [5.41, 5.74) is 1.28. The minimum atomic E-state index is 0.204. The van der Waals surface area contributed by atoms with Crippen molar-refractivity contribution < 1.29 is 4.74 Å². The Morgan fingerprint density at radius 2 is 1.87 bits per heavy atom. The van der Waals surface area contributed by atoms with Gasteiger partial charge in [0.25, 0.3) is 0 Å². The molecule has 0 radical (unpaired) electrons. The van der Waals surface area contributed by atoms with Crippen molar-refractivity contribution >= 4 is 10.8 Å². The summed E-state index contributed by atoms with van der Waals surface area (Å²) >= 11 is 0. The Kier molecular flexibility index (Phi) is 1.86. The van der Waals surface area contributed by atoms with E-state index in [1.807, 2.05) is 6.08 Å². The molecule has 3 rings (SSSR count). The molecular weight excluding hydrogens is 184 g/mol. The zero-order chi connectivity index (χ0) is 10.3. The van der Waals surface area contributed by atoms with Crippen LogP contribution in [0.5, 0.6) is 0 Å². The van der Waals surface area contributed by atoms with Crippen LogP contribution in [0.3, 0.4) is 0 Å². The second-order valence-electron chi connectivity index (χ2n) is 3.83. The lowest BCUT2D eigenvalue weighted by Crippen LogP contribution is -1.86. The monoisotopic (exact) mass is 196 g/mol. The summed E-state index contributed by atoms with van der Waals surface area (Å²) in [4.78, 5) is 0. The van der Waals surface area contributed by atoms with Crippen LogP contribution >= 0.6 is 0 Å². The molecule has 2 unspecified atom stereocenters. The molecule has 74 valence electrons. The standard InChI is InChI=1S/C14H12O/c1-2-13-14(15-13)12-9-5-7-10-6-3-4-8-11(10)12/h2-9,13-14H,1H2. The summed E-state index contributed by atoms with van der Waals surface area (Å²) in [5, 5.41) is 2.56. The van der Waals surface area contributed by atoms with Crippen LogP contribution in [0.1, 0.15) is 11.7 Å². The largest absolute Gasteiger partial charge is 0.360 e. The van der Waals surface area contributed by atoms with Crippen LogP contribution in [0, 0.1) is 0 Å². The van der Waals surface area contributed by atoms with Gasteiger partial charge in [0, 0.05) is 0 Å². The third kappa shape index (κ3) is 1.36. The maximum atomic E-state index is 5.54. The smallest absolute Gasteiger partial charge is 0.114 e. The van der Waals surface area contributed by atoms with Crippen LogP contribution in [0.15, 0.2) is 55.1 Å². The van der Waals surface area contributed by atoms with E-state index in [-0.39, 0.29) is 12.2 Å². The third-order valence-corrected chi connectivity index (χ3v) is 2.89. The minimum absolute atomic E-state index is 0.204. The second-order valence-corrected chi connectivity index (χ2v) is 3.83. The van der Waals surface area contributed by atoms with Crippen LogP contribution < -0.4 is 0 Å². The third-order valence-electron chi connectivity index (χ3n) is 2.89. The first-order valence-electron chi connectivity index (χ1n) is 5.16. The van der Waals surface area contributed by atoms with E-state index in [2.05, 4.69) is 49.0 Å². The van der Waals surface area contributed by atoms with Crippen molar-refractivity contribution in [1.29, 1.82) is 0 Å². The second kappa shape index (κ2) is 3.21. The van der Waals surface area contributed by atoms with Crippen LogP contribution in [-0.4, -0.2) is 6.10 Å². The molecule has 1 heteroatoms. The lowest BCUT2D eigenvalue weighted by Gasteiger charge is -2.02. The highest BCUT2D eigenvalue weighted by Crippen LogP contribution is 2.42. The van der Waals surface area contributed by atoms with Gasteiger partial charge in [0.15, 0.2) is 0 Å². The Morgan fingerprint density at radius 1 is 1.07 bits per heavy atom. The molecule has 0 spiro atoms. The number of hydrogen-bond acceptors (Lipinski definition) is 1. The van der Waals surface area contributed by atoms with Crippen LogP contribution in [0.2, 0.25) is 0 Å². The van der Waals surface area contributed by atoms with E-state index < -0.39 is 0 Å². The topological polar surface area (TPSA) is 12.5 Å². The fourth-order valence-corrected chi connectivity index (χ4v) is 2.05. The summed E-state index contributed by atoms with van der Waals surface area (Å²) in [6.45, 7) is 3.75. The number of ether oxygens (including phenoxy) is 1. The summed E-state index contributed by atoms with van der Waals surface area (Å²) in [7, 11) is 0. The number of rotatable bonds is 2. The first-order chi connectivity index (χ1) is 7.40. The van der Waals surface area contributed by atoms with Crippen molar-refractivity contribution in [2.45, 2.75) is 12.2 Å². The molecule has 0 aliphatic carbocycles. The Bertz CT molecular complexity index is 510. The fourth-order valence-electron chi connectivity index (χ4n) is 2.05. The number of benzene rings is 2. The van der Waals surface area contributed by atoms with Gasteiger partial charge >= 0.3 is 0 Å². The quantitative estimate of drug-likeness (QED) is 0.529. The predicted molar refractivity (Wildman–Crippen MR) is 61.8 cm³/mol. The molecule has 2 atom stereocenters. The maximum absolute atomic E-state index is 5.54. The molecular formula is C14H12O. The molecule has 2 aromatic rings. The molecule has 15 heavy (non-hydrogen) atoms. The zero-order valence-electron chi connectivity index (χ0n) is 8.39. The molecule has 1 fully saturated rings. The molecule has 1 heterocycles. The Balaban J connectivity index is 2.15. The molecule has 0 bridgehead atoms. The first-order valence-corrected chi connectivity index (χ1v) is 5.16. The normalized spacial score (nSPS) is 24.0. The molecule has 1 saturated heterocycles. The van der Waals surface area contributed by atoms with Crippen molar-refractivity contribution in [3.63, 3.8) is 0 Å². The van der Waals surface area contributed by atoms with E-state index in [0.717, 1.165) is 0 Å². The van der Waals surface area contributed by atoms with Gasteiger partial charge in [0.05, 0.1) is 0 Å². The van der Waals surface area contributed by atoms with Crippen LogP contribution in [-0.2, 0) is 4.74 Å². The molecule has 1 nitrogen and oxygen atoms in total. The predicted octanol–water partition coefficient (Wildman–Crippen LogP) is 3.47. The summed E-state index contributed by atoms with van der Waals surface area (Å²) in [6.07, 6.45) is 2.29. The van der Waals surface area contributed by atoms with Crippen LogP contribution in [0.4, 0.5) is 0 Å². The van der Waals surface area contributed by atoms with Gasteiger partial charge < -0.3 is 4.74 Å². The first kappa shape index (κ1) is 8.69. The van der Waals surface area contributed by atoms with Gasteiger partial charge in [-0.2, -0.15) is 0 Å².